The summed E-state index contributed by atoms with van der Waals surface area (Å²) in [5.74, 6) is -0.0933. The molecule has 104 valence electrons. The van der Waals surface area contributed by atoms with Crippen LogP contribution in [0.3, 0.4) is 0 Å². The smallest absolute Gasteiger partial charge is 0.255 e. The van der Waals surface area contributed by atoms with E-state index < -0.39 is 0 Å². The zero-order valence-corrected chi connectivity index (χ0v) is 13.8. The second-order valence-electron chi connectivity index (χ2n) is 4.66. The molecule has 2 aromatic carbocycles. The van der Waals surface area contributed by atoms with Crippen molar-refractivity contribution in [2.75, 3.05) is 5.32 Å². The van der Waals surface area contributed by atoms with Crippen LogP contribution in [0, 0.1) is 0 Å². The molecule has 0 bridgehead atoms. The van der Waals surface area contributed by atoms with Crippen LogP contribution in [0.4, 0.5) is 5.69 Å². The van der Waals surface area contributed by atoms with Crippen molar-refractivity contribution in [2.45, 2.75) is 24.0 Å². The molecule has 0 saturated carbocycles. The lowest BCUT2D eigenvalue weighted by Crippen LogP contribution is -2.11. The van der Waals surface area contributed by atoms with Gasteiger partial charge >= 0.3 is 0 Å². The molecule has 0 aromatic heterocycles. The molecular formula is C16H16BrNOS. The highest BCUT2D eigenvalue weighted by Gasteiger charge is 2.07. The Balaban J connectivity index is 2.06. The van der Waals surface area contributed by atoms with Crippen molar-refractivity contribution in [1.29, 1.82) is 0 Å². The van der Waals surface area contributed by atoms with Crippen LogP contribution in [0.25, 0.3) is 0 Å². The number of halogens is 1. The molecule has 0 heterocycles. The number of hydrogen-bond acceptors (Lipinski definition) is 2. The van der Waals surface area contributed by atoms with E-state index in [0.717, 1.165) is 10.2 Å². The summed E-state index contributed by atoms with van der Waals surface area (Å²) < 4.78 is 0.944. The largest absolute Gasteiger partial charge is 0.322 e. The molecule has 1 N–H and O–H groups in total. The van der Waals surface area contributed by atoms with E-state index >= 15 is 0 Å². The van der Waals surface area contributed by atoms with E-state index in [1.165, 1.54) is 4.90 Å². The summed E-state index contributed by atoms with van der Waals surface area (Å²) in [6.07, 6.45) is 0. The van der Waals surface area contributed by atoms with E-state index in [2.05, 4.69) is 35.1 Å². The van der Waals surface area contributed by atoms with Gasteiger partial charge < -0.3 is 5.32 Å². The Kier molecular flexibility index (Phi) is 5.26. The summed E-state index contributed by atoms with van der Waals surface area (Å²) >= 11 is 5.17. The fraction of sp³-hybridized carbons (Fsp3) is 0.188. The Hall–Kier alpha value is -1.26. The lowest BCUT2D eigenvalue weighted by atomic mass is 10.2. The predicted octanol–water partition coefficient (Wildman–Crippen LogP) is 5.20. The number of nitrogens with one attached hydrogen (secondary N) is 1. The van der Waals surface area contributed by atoms with E-state index in [0.29, 0.717) is 10.8 Å². The zero-order chi connectivity index (χ0) is 14.5. The highest BCUT2D eigenvalue weighted by molar-refractivity contribution is 9.10. The number of anilines is 1. The van der Waals surface area contributed by atoms with Gasteiger partial charge in [-0.1, -0.05) is 35.8 Å². The maximum Gasteiger partial charge on any atom is 0.255 e. The van der Waals surface area contributed by atoms with Crippen LogP contribution in [-0.4, -0.2) is 11.2 Å². The number of thioether (sulfide) groups is 1. The minimum Gasteiger partial charge on any atom is -0.322 e. The van der Waals surface area contributed by atoms with E-state index in [-0.39, 0.29) is 5.91 Å². The molecule has 0 atom stereocenters. The molecule has 0 aliphatic carbocycles. The number of benzene rings is 2. The van der Waals surface area contributed by atoms with Crippen LogP contribution in [0.5, 0.6) is 0 Å². The van der Waals surface area contributed by atoms with Gasteiger partial charge in [0.2, 0.25) is 0 Å². The minimum atomic E-state index is -0.0933. The molecule has 0 spiro atoms. The average molecular weight is 350 g/mol. The van der Waals surface area contributed by atoms with Gasteiger partial charge in [0.25, 0.3) is 5.91 Å². The van der Waals surface area contributed by atoms with Gasteiger partial charge in [-0.25, -0.2) is 0 Å². The van der Waals surface area contributed by atoms with E-state index in [9.17, 15) is 4.79 Å². The molecule has 0 radical (unpaired) electrons. The molecular weight excluding hydrogens is 334 g/mol. The topological polar surface area (TPSA) is 29.1 Å². The lowest BCUT2D eigenvalue weighted by Gasteiger charge is -2.07. The first-order valence-corrected chi connectivity index (χ1v) is 8.05. The maximum atomic E-state index is 12.1. The van der Waals surface area contributed by atoms with Crippen molar-refractivity contribution in [2.24, 2.45) is 0 Å². The van der Waals surface area contributed by atoms with Crippen LogP contribution in [0.1, 0.15) is 24.2 Å². The molecule has 0 aliphatic heterocycles. The average Bonchev–Trinajstić information content (AvgIpc) is 2.38. The summed E-state index contributed by atoms with van der Waals surface area (Å²) in [5.41, 5.74) is 1.45. The van der Waals surface area contributed by atoms with Gasteiger partial charge in [-0.3, -0.25) is 4.79 Å². The molecule has 0 fully saturated rings. The van der Waals surface area contributed by atoms with Crippen LogP contribution in [0.2, 0.25) is 0 Å². The third-order valence-corrected chi connectivity index (χ3v) is 4.08. The number of amides is 1. The minimum absolute atomic E-state index is 0.0933. The summed E-state index contributed by atoms with van der Waals surface area (Å²) in [6, 6.07) is 15.2. The van der Waals surface area contributed by atoms with Gasteiger partial charge in [0.1, 0.15) is 0 Å². The molecule has 2 nitrogen and oxygen atoms in total. The number of hydrogen-bond donors (Lipinski definition) is 1. The second kappa shape index (κ2) is 6.95. The molecule has 1 amide bonds. The summed E-state index contributed by atoms with van der Waals surface area (Å²) in [5, 5.41) is 3.42. The molecule has 0 saturated heterocycles. The first-order valence-electron chi connectivity index (χ1n) is 6.38. The predicted molar refractivity (Wildman–Crippen MR) is 89.5 cm³/mol. The first kappa shape index (κ1) is 15.1. The van der Waals surface area contributed by atoms with Gasteiger partial charge in [0.15, 0.2) is 0 Å². The van der Waals surface area contributed by atoms with Crippen LogP contribution in [-0.2, 0) is 0 Å². The number of carbonyl (C=O) groups excluding carboxylic acids is 1. The lowest BCUT2D eigenvalue weighted by molar-refractivity contribution is 0.102. The number of rotatable bonds is 4. The fourth-order valence-electron chi connectivity index (χ4n) is 1.73. The molecule has 2 aromatic rings. The van der Waals surface area contributed by atoms with Crippen molar-refractivity contribution in [1.82, 2.24) is 0 Å². The summed E-state index contributed by atoms with van der Waals surface area (Å²) in [7, 11) is 0. The Bertz CT molecular complexity index is 596. The Labute approximate surface area is 132 Å². The van der Waals surface area contributed by atoms with E-state index in [1.807, 2.05) is 48.5 Å². The highest BCUT2D eigenvalue weighted by atomic mass is 79.9. The monoisotopic (exact) mass is 349 g/mol. The summed E-state index contributed by atoms with van der Waals surface area (Å²) in [6.45, 7) is 4.30. The van der Waals surface area contributed by atoms with Crippen LogP contribution < -0.4 is 5.32 Å². The standard InChI is InChI=1S/C16H16BrNOS/c1-11(2)20-15-8-6-12(7-9-15)16(19)18-14-5-3-4-13(17)10-14/h3-11H,1-2H3,(H,18,19). The summed E-state index contributed by atoms with van der Waals surface area (Å²) in [4.78, 5) is 13.3. The molecule has 20 heavy (non-hydrogen) atoms. The second-order valence-corrected chi connectivity index (χ2v) is 7.22. The third-order valence-electron chi connectivity index (χ3n) is 2.57. The van der Waals surface area contributed by atoms with E-state index in [4.69, 9.17) is 0 Å². The quantitative estimate of drug-likeness (QED) is 0.768. The van der Waals surface area contributed by atoms with Gasteiger partial charge in [-0.15, -0.1) is 11.8 Å². The fourth-order valence-corrected chi connectivity index (χ4v) is 2.96. The zero-order valence-electron chi connectivity index (χ0n) is 11.4. The molecule has 0 aliphatic rings. The van der Waals surface area contributed by atoms with Gasteiger partial charge in [0, 0.05) is 25.9 Å². The highest BCUT2D eigenvalue weighted by Crippen LogP contribution is 2.23. The van der Waals surface area contributed by atoms with Gasteiger partial charge in [-0.05, 0) is 42.5 Å². The SMILES string of the molecule is CC(C)Sc1ccc(C(=O)Nc2cccc(Br)c2)cc1. The van der Waals surface area contributed by atoms with Gasteiger partial charge in [-0.2, -0.15) is 0 Å². The Morgan fingerprint density at radius 2 is 1.85 bits per heavy atom. The third kappa shape index (κ3) is 4.39. The van der Waals surface area contributed by atoms with Crippen LogP contribution in [0.15, 0.2) is 57.9 Å². The Morgan fingerprint density at radius 3 is 2.45 bits per heavy atom. The van der Waals surface area contributed by atoms with Gasteiger partial charge in [0.05, 0.1) is 0 Å². The molecule has 2 rings (SSSR count). The first-order chi connectivity index (χ1) is 9.54. The van der Waals surface area contributed by atoms with Crippen molar-refractivity contribution >= 4 is 39.3 Å². The maximum absolute atomic E-state index is 12.1. The molecule has 0 unspecified atom stereocenters. The van der Waals surface area contributed by atoms with Crippen molar-refractivity contribution < 1.29 is 4.79 Å². The Morgan fingerprint density at radius 1 is 1.15 bits per heavy atom. The number of carbonyl (C=O) groups is 1. The normalized spacial score (nSPS) is 10.6. The van der Waals surface area contributed by atoms with Crippen LogP contribution >= 0.6 is 27.7 Å². The van der Waals surface area contributed by atoms with Crippen molar-refractivity contribution in [3.05, 3.63) is 58.6 Å². The van der Waals surface area contributed by atoms with Crippen molar-refractivity contribution in [3.8, 4) is 0 Å². The van der Waals surface area contributed by atoms with Crippen molar-refractivity contribution in [3.63, 3.8) is 0 Å². The molecule has 4 heteroatoms. The van der Waals surface area contributed by atoms with E-state index in [1.54, 1.807) is 11.8 Å².